The number of hydrogen-bond acceptors (Lipinski definition) is 6. The highest BCUT2D eigenvalue weighted by Crippen LogP contribution is 2.17. The summed E-state index contributed by atoms with van der Waals surface area (Å²) in [5.41, 5.74) is 0. The molecule has 320 valence electrons. The SMILES string of the molecule is CCCCCCCCCCCCCCCC(=O)OC[C@H](COC(=O)CCCCCCCCCCCCCC(C)C)OC(=O)CCCCCCCCC(C)C. The molecule has 0 spiro atoms. The van der Waals surface area contributed by atoms with E-state index in [-0.39, 0.29) is 31.1 Å². The molecule has 0 aromatic heterocycles. The van der Waals surface area contributed by atoms with Crippen LogP contribution in [0.5, 0.6) is 0 Å². The lowest BCUT2D eigenvalue weighted by Gasteiger charge is -2.18. The van der Waals surface area contributed by atoms with Crippen LogP contribution in [0.2, 0.25) is 0 Å². The molecule has 0 bridgehead atoms. The summed E-state index contributed by atoms with van der Waals surface area (Å²) in [6.07, 6.45) is 39.6. The van der Waals surface area contributed by atoms with E-state index in [1.54, 1.807) is 0 Å². The van der Waals surface area contributed by atoms with Crippen molar-refractivity contribution in [3.05, 3.63) is 0 Å². The van der Waals surface area contributed by atoms with Gasteiger partial charge in [-0.3, -0.25) is 14.4 Å². The van der Waals surface area contributed by atoms with Crippen LogP contribution in [0.15, 0.2) is 0 Å². The lowest BCUT2D eigenvalue weighted by Crippen LogP contribution is -2.30. The molecule has 0 rings (SSSR count). The summed E-state index contributed by atoms with van der Waals surface area (Å²) in [6, 6.07) is 0. The van der Waals surface area contributed by atoms with E-state index in [0.717, 1.165) is 69.6 Å². The van der Waals surface area contributed by atoms with Crippen molar-refractivity contribution in [1.82, 2.24) is 0 Å². The van der Waals surface area contributed by atoms with E-state index in [9.17, 15) is 14.4 Å². The highest BCUT2D eigenvalue weighted by atomic mass is 16.6. The van der Waals surface area contributed by atoms with Gasteiger partial charge in [0.15, 0.2) is 6.10 Å². The Morgan fingerprint density at radius 1 is 0.352 bits per heavy atom. The first kappa shape index (κ1) is 52.4. The van der Waals surface area contributed by atoms with Gasteiger partial charge in [-0.05, 0) is 31.1 Å². The van der Waals surface area contributed by atoms with Gasteiger partial charge in [-0.1, -0.05) is 221 Å². The topological polar surface area (TPSA) is 78.9 Å². The van der Waals surface area contributed by atoms with Gasteiger partial charge in [0.05, 0.1) is 0 Å². The molecule has 0 heterocycles. The van der Waals surface area contributed by atoms with Gasteiger partial charge in [-0.2, -0.15) is 0 Å². The van der Waals surface area contributed by atoms with Gasteiger partial charge in [0.1, 0.15) is 13.2 Å². The molecule has 0 fully saturated rings. The molecule has 0 radical (unpaired) electrons. The van der Waals surface area contributed by atoms with Crippen LogP contribution in [0.3, 0.4) is 0 Å². The van der Waals surface area contributed by atoms with Gasteiger partial charge in [0.25, 0.3) is 0 Å². The predicted octanol–water partition coefficient (Wildman–Crippen LogP) is 15.0. The Labute approximate surface area is 336 Å². The van der Waals surface area contributed by atoms with Gasteiger partial charge in [0.2, 0.25) is 0 Å². The molecule has 0 unspecified atom stereocenters. The monoisotopic (exact) mass is 765 g/mol. The van der Waals surface area contributed by atoms with Crippen molar-refractivity contribution in [1.29, 1.82) is 0 Å². The molecule has 0 aliphatic carbocycles. The van der Waals surface area contributed by atoms with Crippen LogP contribution in [0.4, 0.5) is 0 Å². The minimum absolute atomic E-state index is 0.0654. The van der Waals surface area contributed by atoms with Crippen molar-refractivity contribution in [2.45, 2.75) is 265 Å². The normalized spacial score (nSPS) is 12.1. The highest BCUT2D eigenvalue weighted by Gasteiger charge is 2.19. The van der Waals surface area contributed by atoms with Crippen molar-refractivity contribution < 1.29 is 28.6 Å². The van der Waals surface area contributed by atoms with Crippen LogP contribution in [0.1, 0.15) is 259 Å². The second-order valence-corrected chi connectivity index (χ2v) is 17.3. The maximum Gasteiger partial charge on any atom is 0.306 e. The Hall–Kier alpha value is -1.59. The zero-order chi connectivity index (χ0) is 39.7. The van der Waals surface area contributed by atoms with E-state index in [1.165, 1.54) is 148 Å². The number of hydrogen-bond donors (Lipinski definition) is 0. The minimum atomic E-state index is -0.761. The molecule has 0 saturated heterocycles. The van der Waals surface area contributed by atoms with Crippen molar-refractivity contribution in [2.24, 2.45) is 11.8 Å². The second kappa shape index (κ2) is 41.1. The van der Waals surface area contributed by atoms with E-state index in [4.69, 9.17) is 14.2 Å². The van der Waals surface area contributed by atoms with E-state index in [1.807, 2.05) is 0 Å². The Morgan fingerprint density at radius 2 is 0.611 bits per heavy atom. The largest absolute Gasteiger partial charge is 0.462 e. The number of rotatable bonds is 42. The van der Waals surface area contributed by atoms with Crippen LogP contribution in [0, 0.1) is 11.8 Å². The van der Waals surface area contributed by atoms with Gasteiger partial charge >= 0.3 is 17.9 Å². The summed E-state index contributed by atoms with van der Waals surface area (Å²) >= 11 is 0. The van der Waals surface area contributed by atoms with E-state index in [2.05, 4.69) is 34.6 Å². The van der Waals surface area contributed by atoms with Gasteiger partial charge in [-0.25, -0.2) is 0 Å². The van der Waals surface area contributed by atoms with Crippen molar-refractivity contribution >= 4 is 17.9 Å². The number of esters is 3. The minimum Gasteiger partial charge on any atom is -0.462 e. The maximum atomic E-state index is 12.7. The van der Waals surface area contributed by atoms with Crippen LogP contribution in [-0.2, 0) is 28.6 Å². The Kier molecular flexibility index (Phi) is 39.8. The average molecular weight is 765 g/mol. The van der Waals surface area contributed by atoms with Gasteiger partial charge in [-0.15, -0.1) is 0 Å². The Morgan fingerprint density at radius 3 is 0.907 bits per heavy atom. The van der Waals surface area contributed by atoms with E-state index >= 15 is 0 Å². The molecule has 6 nitrogen and oxygen atoms in total. The molecular formula is C48H92O6. The van der Waals surface area contributed by atoms with E-state index in [0.29, 0.717) is 19.3 Å². The molecule has 0 aromatic carbocycles. The molecule has 0 N–H and O–H groups in total. The van der Waals surface area contributed by atoms with Crippen molar-refractivity contribution in [3.63, 3.8) is 0 Å². The fourth-order valence-corrected chi connectivity index (χ4v) is 7.11. The molecule has 0 amide bonds. The summed E-state index contributed by atoms with van der Waals surface area (Å²) in [5, 5.41) is 0. The summed E-state index contributed by atoms with van der Waals surface area (Å²) in [4.78, 5) is 37.7. The summed E-state index contributed by atoms with van der Waals surface area (Å²) in [7, 11) is 0. The Balaban J connectivity index is 4.29. The van der Waals surface area contributed by atoms with Crippen LogP contribution in [-0.4, -0.2) is 37.2 Å². The van der Waals surface area contributed by atoms with Gasteiger partial charge in [0, 0.05) is 19.3 Å². The van der Waals surface area contributed by atoms with Crippen molar-refractivity contribution in [3.8, 4) is 0 Å². The third-order valence-corrected chi connectivity index (χ3v) is 10.7. The average Bonchev–Trinajstić information content (AvgIpc) is 3.14. The first-order valence-electron chi connectivity index (χ1n) is 23.7. The zero-order valence-electron chi connectivity index (χ0n) is 36.8. The van der Waals surface area contributed by atoms with Gasteiger partial charge < -0.3 is 14.2 Å². The van der Waals surface area contributed by atoms with Crippen LogP contribution < -0.4 is 0 Å². The van der Waals surface area contributed by atoms with E-state index < -0.39 is 6.10 Å². The second-order valence-electron chi connectivity index (χ2n) is 17.3. The lowest BCUT2D eigenvalue weighted by atomic mass is 10.0. The highest BCUT2D eigenvalue weighted by molar-refractivity contribution is 5.71. The maximum absolute atomic E-state index is 12.7. The predicted molar refractivity (Wildman–Crippen MR) is 229 cm³/mol. The smallest absolute Gasteiger partial charge is 0.306 e. The fourth-order valence-electron chi connectivity index (χ4n) is 7.11. The van der Waals surface area contributed by atoms with Crippen molar-refractivity contribution in [2.75, 3.05) is 13.2 Å². The molecule has 54 heavy (non-hydrogen) atoms. The molecule has 0 aromatic rings. The molecular weight excluding hydrogens is 673 g/mol. The molecule has 0 aliphatic heterocycles. The number of carbonyl (C=O) groups is 3. The molecule has 1 atom stereocenters. The first-order valence-corrected chi connectivity index (χ1v) is 23.7. The molecule has 0 saturated carbocycles. The number of carbonyl (C=O) groups excluding carboxylic acids is 3. The standard InChI is InChI=1S/C48H92O6/c1-6-7-8-9-10-11-12-13-16-19-22-28-33-38-46(49)52-41-45(54-48(51)40-35-30-25-24-27-32-37-44(4)5)42-53-47(50)39-34-29-23-20-17-14-15-18-21-26-31-36-43(2)3/h43-45H,6-42H2,1-5H3/t45-/m1/s1. The summed E-state index contributed by atoms with van der Waals surface area (Å²) < 4.78 is 16.7. The summed E-state index contributed by atoms with van der Waals surface area (Å²) in [6.45, 7) is 11.3. The third-order valence-electron chi connectivity index (χ3n) is 10.7. The Bertz CT molecular complexity index is 824. The first-order chi connectivity index (χ1) is 26.2. The van der Waals surface area contributed by atoms with Crippen LogP contribution >= 0.6 is 0 Å². The lowest BCUT2D eigenvalue weighted by molar-refractivity contribution is -0.167. The quantitative estimate of drug-likeness (QED) is 0.0350. The number of ether oxygens (including phenoxy) is 3. The number of unbranched alkanes of at least 4 members (excludes halogenated alkanes) is 27. The molecule has 6 heteroatoms. The third kappa shape index (κ3) is 41.6. The van der Waals surface area contributed by atoms with Crippen LogP contribution in [0.25, 0.3) is 0 Å². The fraction of sp³-hybridized carbons (Fsp3) is 0.938. The molecule has 0 aliphatic rings. The zero-order valence-corrected chi connectivity index (χ0v) is 36.8. The summed E-state index contributed by atoms with van der Waals surface area (Å²) in [5.74, 6) is 0.726.